The number of fused-ring (bicyclic) bond motifs is 2. The number of anilines is 1. The topological polar surface area (TPSA) is 41.5 Å². The van der Waals surface area contributed by atoms with E-state index in [1.807, 2.05) is 12.1 Å². The molecule has 0 unspecified atom stereocenters. The van der Waals surface area contributed by atoms with Gasteiger partial charge in [-0.2, -0.15) is 0 Å². The first kappa shape index (κ1) is 21.0. The zero-order chi connectivity index (χ0) is 18.7. The molecule has 0 radical (unpaired) electrons. The predicted molar refractivity (Wildman–Crippen MR) is 107 cm³/mol. The van der Waals surface area contributed by atoms with Gasteiger partial charge in [-0.25, -0.2) is 9.56 Å². The third kappa shape index (κ3) is 4.03. The van der Waals surface area contributed by atoms with E-state index < -0.39 is 0 Å². The van der Waals surface area contributed by atoms with E-state index in [-0.39, 0.29) is 12.4 Å². The number of aromatic nitrogens is 1. The lowest BCUT2D eigenvalue weighted by Gasteiger charge is -2.22. The fraction of sp³-hybridized carbons (Fsp3) is 0.429. The van der Waals surface area contributed by atoms with Crippen LogP contribution in [0.5, 0.6) is 5.75 Å². The molecule has 1 aliphatic heterocycles. The SMILES string of the molecule is CCN(CC)c1cc(OC)c2nc3ccc(=[N+](CC)CC)cc-3oc2c1.[Cl-]. The van der Waals surface area contributed by atoms with Crippen molar-refractivity contribution in [1.82, 2.24) is 9.56 Å². The molecule has 0 N–H and O–H groups in total. The smallest absolute Gasteiger partial charge is 0.203 e. The van der Waals surface area contributed by atoms with E-state index in [2.05, 4.69) is 55.4 Å². The van der Waals surface area contributed by atoms with Gasteiger partial charge in [-0.3, -0.25) is 0 Å². The van der Waals surface area contributed by atoms with Crippen LogP contribution in [-0.4, -0.2) is 38.3 Å². The summed E-state index contributed by atoms with van der Waals surface area (Å²) >= 11 is 0. The molecule has 1 aliphatic carbocycles. The largest absolute Gasteiger partial charge is 1.00 e. The number of benzene rings is 2. The van der Waals surface area contributed by atoms with E-state index in [4.69, 9.17) is 14.1 Å². The van der Waals surface area contributed by atoms with E-state index in [1.54, 1.807) is 7.11 Å². The summed E-state index contributed by atoms with van der Waals surface area (Å²) in [4.78, 5) is 7.07. The number of ether oxygens (including phenoxy) is 1. The van der Waals surface area contributed by atoms with Crippen molar-refractivity contribution in [3.8, 4) is 17.2 Å². The summed E-state index contributed by atoms with van der Waals surface area (Å²) in [6.45, 7) is 12.4. The van der Waals surface area contributed by atoms with Gasteiger partial charge in [0.1, 0.15) is 30.0 Å². The molecule has 6 heteroatoms. The van der Waals surface area contributed by atoms with Crippen LogP contribution in [0.2, 0.25) is 0 Å². The normalized spacial score (nSPS) is 10.7. The monoisotopic (exact) mass is 389 g/mol. The number of methoxy groups -OCH3 is 1. The predicted octanol–water partition coefficient (Wildman–Crippen LogP) is 0.603. The van der Waals surface area contributed by atoms with Gasteiger partial charge < -0.3 is 26.5 Å². The lowest BCUT2D eigenvalue weighted by molar-refractivity contribution is -0.00000634. The van der Waals surface area contributed by atoms with Crippen LogP contribution < -0.4 is 32.0 Å². The van der Waals surface area contributed by atoms with Crippen molar-refractivity contribution in [2.45, 2.75) is 27.7 Å². The third-order valence-electron chi connectivity index (χ3n) is 4.90. The van der Waals surface area contributed by atoms with Crippen molar-refractivity contribution in [3.05, 3.63) is 35.7 Å². The first-order valence-electron chi connectivity index (χ1n) is 9.40. The molecule has 0 saturated heterocycles. The zero-order valence-corrected chi connectivity index (χ0v) is 17.5. The Balaban J connectivity index is 0.00000261. The Morgan fingerprint density at radius 1 is 1.04 bits per heavy atom. The summed E-state index contributed by atoms with van der Waals surface area (Å²) in [5, 5.41) is 1.15. The van der Waals surface area contributed by atoms with Gasteiger partial charge in [-0.1, -0.05) is 0 Å². The fourth-order valence-corrected chi connectivity index (χ4v) is 3.38. The molecule has 146 valence electrons. The number of hydrogen-bond donors (Lipinski definition) is 0. The average molecular weight is 390 g/mol. The second-order valence-corrected chi connectivity index (χ2v) is 6.21. The van der Waals surface area contributed by atoms with Gasteiger partial charge in [-0.05, 0) is 33.8 Å². The highest BCUT2D eigenvalue weighted by molar-refractivity contribution is 5.86. The van der Waals surface area contributed by atoms with Crippen LogP contribution in [0.1, 0.15) is 27.7 Å². The number of hydrogen-bond acceptors (Lipinski definition) is 4. The van der Waals surface area contributed by atoms with E-state index >= 15 is 0 Å². The van der Waals surface area contributed by atoms with Gasteiger partial charge in [-0.15, -0.1) is 0 Å². The lowest BCUT2D eigenvalue weighted by Crippen LogP contribution is -3.00. The Morgan fingerprint density at radius 2 is 1.74 bits per heavy atom. The maximum atomic E-state index is 6.25. The van der Waals surface area contributed by atoms with E-state index in [9.17, 15) is 0 Å². The first-order chi connectivity index (χ1) is 12.6. The Labute approximate surface area is 167 Å². The highest BCUT2D eigenvalue weighted by Crippen LogP contribution is 2.33. The molecule has 0 aromatic heterocycles. The summed E-state index contributed by atoms with van der Waals surface area (Å²) in [6.07, 6.45) is 0. The van der Waals surface area contributed by atoms with Crippen molar-refractivity contribution >= 4 is 16.8 Å². The minimum absolute atomic E-state index is 0. The molecule has 0 fully saturated rings. The maximum absolute atomic E-state index is 6.25. The summed E-state index contributed by atoms with van der Waals surface area (Å²) < 4.78 is 14.1. The van der Waals surface area contributed by atoms with Gasteiger partial charge in [0.25, 0.3) is 0 Å². The molecule has 0 saturated carbocycles. The molecular formula is C21H28ClN3O2. The molecule has 0 atom stereocenters. The van der Waals surface area contributed by atoms with Crippen molar-refractivity contribution < 1.29 is 21.6 Å². The molecule has 5 nitrogen and oxygen atoms in total. The molecule has 0 bridgehead atoms. The van der Waals surface area contributed by atoms with Crippen molar-refractivity contribution in [1.29, 1.82) is 0 Å². The van der Waals surface area contributed by atoms with Crippen LogP contribution in [0.25, 0.3) is 22.6 Å². The van der Waals surface area contributed by atoms with Crippen LogP contribution >= 0.6 is 0 Å². The van der Waals surface area contributed by atoms with Gasteiger partial charge >= 0.3 is 0 Å². The van der Waals surface area contributed by atoms with Crippen LogP contribution in [0.3, 0.4) is 0 Å². The maximum Gasteiger partial charge on any atom is 0.203 e. The Bertz CT molecular complexity index is 942. The van der Waals surface area contributed by atoms with E-state index in [1.165, 1.54) is 0 Å². The second-order valence-electron chi connectivity index (χ2n) is 6.21. The summed E-state index contributed by atoms with van der Waals surface area (Å²) in [7, 11) is 1.68. The Morgan fingerprint density at radius 3 is 2.33 bits per heavy atom. The molecule has 3 rings (SSSR count). The van der Waals surface area contributed by atoms with Crippen LogP contribution in [0.4, 0.5) is 5.69 Å². The quantitative estimate of drug-likeness (QED) is 0.457. The molecule has 1 heterocycles. The van der Waals surface area contributed by atoms with E-state index in [0.717, 1.165) is 65.5 Å². The third-order valence-corrected chi connectivity index (χ3v) is 4.90. The molecule has 2 aliphatic rings. The molecule has 0 spiro atoms. The number of halogens is 1. The van der Waals surface area contributed by atoms with Crippen molar-refractivity contribution in [3.63, 3.8) is 0 Å². The Hall–Kier alpha value is -2.27. The molecular weight excluding hydrogens is 362 g/mol. The highest BCUT2D eigenvalue weighted by atomic mass is 35.5. The molecule has 1 aromatic carbocycles. The zero-order valence-electron chi connectivity index (χ0n) is 16.8. The van der Waals surface area contributed by atoms with Crippen LogP contribution in [0.15, 0.2) is 34.7 Å². The second kappa shape index (κ2) is 9.09. The lowest BCUT2D eigenvalue weighted by atomic mass is 10.2. The summed E-state index contributed by atoms with van der Waals surface area (Å²) in [5.74, 6) is 1.53. The molecule has 27 heavy (non-hydrogen) atoms. The highest BCUT2D eigenvalue weighted by Gasteiger charge is 2.16. The molecule has 1 aromatic rings. The van der Waals surface area contributed by atoms with Crippen molar-refractivity contribution in [2.75, 3.05) is 38.2 Å². The minimum atomic E-state index is 0. The molecule has 0 amide bonds. The summed E-state index contributed by atoms with van der Waals surface area (Å²) in [5.41, 5.74) is 3.42. The number of rotatable bonds is 6. The average Bonchev–Trinajstić information content (AvgIpc) is 2.67. The van der Waals surface area contributed by atoms with Crippen LogP contribution in [-0.2, 0) is 0 Å². The van der Waals surface area contributed by atoms with E-state index in [0.29, 0.717) is 0 Å². The van der Waals surface area contributed by atoms with Crippen molar-refractivity contribution in [2.24, 2.45) is 0 Å². The van der Waals surface area contributed by atoms with Gasteiger partial charge in [0, 0.05) is 37.0 Å². The van der Waals surface area contributed by atoms with Gasteiger partial charge in [0.2, 0.25) is 5.36 Å². The fourth-order valence-electron chi connectivity index (χ4n) is 3.38. The van der Waals surface area contributed by atoms with Gasteiger partial charge in [0.05, 0.1) is 13.2 Å². The minimum Gasteiger partial charge on any atom is -1.00 e. The number of nitrogens with zero attached hydrogens (tertiary/aromatic N) is 3. The summed E-state index contributed by atoms with van der Waals surface area (Å²) in [6, 6.07) is 10.3. The standard InChI is InChI=1S/C21H28N3O2.ClH/c1-6-23(7-2)15-10-11-17-18(12-15)26-20-14-16(24(8-3)9-4)13-19(25-5)21(20)22-17;/h10-14H,6-9H2,1-5H3;1H/q+1;/p-1. The van der Waals surface area contributed by atoms with Crippen LogP contribution in [0, 0.1) is 0 Å². The Kier molecular flexibility index (Phi) is 7.08. The van der Waals surface area contributed by atoms with Gasteiger partial charge in [0.15, 0.2) is 11.3 Å². The first-order valence-corrected chi connectivity index (χ1v) is 9.40.